The summed E-state index contributed by atoms with van der Waals surface area (Å²) in [4.78, 5) is 25.1. The van der Waals surface area contributed by atoms with Gasteiger partial charge in [0.05, 0.1) is 13.7 Å². The van der Waals surface area contributed by atoms with Crippen molar-refractivity contribution < 1.29 is 23.8 Å². The highest BCUT2D eigenvalue weighted by Gasteiger charge is 2.32. The number of nitrogen functional groups attached to an aromatic ring is 1. The molecular weight excluding hydrogens is 388 g/mol. The largest absolute Gasteiger partial charge is 0.490 e. The number of nitrogens with two attached hydrogens (primary N) is 2. The van der Waals surface area contributed by atoms with E-state index < -0.39 is 24.2 Å². The number of nitrogens with one attached hydrogen (secondary N) is 1. The summed E-state index contributed by atoms with van der Waals surface area (Å²) in [6, 6.07) is 13.3. The molecule has 0 radical (unpaired) electrons. The second-order valence-electron chi connectivity index (χ2n) is 6.87. The van der Waals surface area contributed by atoms with Crippen molar-refractivity contribution in [2.45, 2.75) is 18.6 Å². The lowest BCUT2D eigenvalue weighted by atomic mass is 10.1. The molecule has 1 heterocycles. The van der Waals surface area contributed by atoms with Gasteiger partial charge < -0.3 is 25.7 Å². The van der Waals surface area contributed by atoms with Crippen molar-refractivity contribution in [2.75, 3.05) is 25.2 Å². The van der Waals surface area contributed by atoms with E-state index in [9.17, 15) is 9.59 Å². The van der Waals surface area contributed by atoms with Gasteiger partial charge in [-0.1, -0.05) is 12.1 Å². The summed E-state index contributed by atoms with van der Waals surface area (Å²) in [5.41, 5.74) is 13.3. The zero-order valence-electron chi connectivity index (χ0n) is 16.5. The number of carbonyl (C=O) groups is 2. The number of hydrogen-bond acceptors (Lipinski definition) is 7. The molecule has 3 rings (SSSR count). The molecular formula is C21H24N4O5. The van der Waals surface area contributed by atoms with E-state index in [1.54, 1.807) is 36.4 Å². The van der Waals surface area contributed by atoms with Gasteiger partial charge in [0.15, 0.2) is 6.10 Å². The molecule has 2 aromatic rings. The number of ether oxygens (including phenoxy) is 3. The minimum absolute atomic E-state index is 0.0323. The predicted molar refractivity (Wildman–Crippen MR) is 111 cm³/mol. The number of benzene rings is 2. The zero-order valence-corrected chi connectivity index (χ0v) is 16.5. The molecule has 30 heavy (non-hydrogen) atoms. The number of methoxy groups -OCH3 is 1. The van der Waals surface area contributed by atoms with Crippen LogP contribution in [0.4, 0.5) is 10.5 Å². The third-order valence-electron chi connectivity index (χ3n) is 4.68. The highest BCUT2D eigenvalue weighted by Crippen LogP contribution is 2.23. The molecule has 0 spiro atoms. The third kappa shape index (κ3) is 5.06. The molecule has 9 heteroatoms. The fraction of sp³-hybridized carbons (Fsp3) is 0.286. The van der Waals surface area contributed by atoms with Crippen molar-refractivity contribution >= 4 is 23.6 Å². The molecule has 1 aliphatic rings. The Morgan fingerprint density at radius 3 is 2.50 bits per heavy atom. The summed E-state index contributed by atoms with van der Waals surface area (Å²) < 4.78 is 15.7. The highest BCUT2D eigenvalue weighted by atomic mass is 16.6. The molecule has 1 aliphatic heterocycles. The first-order valence-electron chi connectivity index (χ1n) is 9.35. The molecule has 9 nitrogen and oxygen atoms in total. The number of nitrogens with zero attached hydrogens (tertiary/aromatic N) is 1. The summed E-state index contributed by atoms with van der Waals surface area (Å²) in [6.45, 7) is 0.555. The van der Waals surface area contributed by atoms with Gasteiger partial charge in [-0.3, -0.25) is 15.1 Å². The maximum Gasteiger partial charge on any atom is 0.414 e. The SMILES string of the molecule is COC(=O)C(N)Cc1ccc(OCC2CN(c3ccc(C(=N)N)cc3)C(=O)O2)cc1. The van der Waals surface area contributed by atoms with Crippen LogP contribution in [-0.4, -0.2) is 50.3 Å². The number of amides is 1. The second kappa shape index (κ2) is 9.27. The van der Waals surface area contributed by atoms with E-state index in [1.807, 2.05) is 12.1 Å². The van der Waals surface area contributed by atoms with Crippen molar-refractivity contribution in [3.63, 3.8) is 0 Å². The van der Waals surface area contributed by atoms with Crippen molar-refractivity contribution in [3.05, 3.63) is 59.7 Å². The topological polar surface area (TPSA) is 141 Å². The third-order valence-corrected chi connectivity index (χ3v) is 4.68. The van der Waals surface area contributed by atoms with Gasteiger partial charge in [0.25, 0.3) is 0 Å². The molecule has 0 bridgehead atoms. The number of hydrogen-bond donors (Lipinski definition) is 3. The van der Waals surface area contributed by atoms with Gasteiger partial charge >= 0.3 is 12.1 Å². The van der Waals surface area contributed by atoms with E-state index in [0.29, 0.717) is 30.0 Å². The van der Waals surface area contributed by atoms with Crippen LogP contribution in [0.15, 0.2) is 48.5 Å². The quantitative estimate of drug-likeness (QED) is 0.338. The molecule has 2 aromatic carbocycles. The van der Waals surface area contributed by atoms with Crippen LogP contribution < -0.4 is 21.1 Å². The van der Waals surface area contributed by atoms with Crippen molar-refractivity contribution in [1.29, 1.82) is 5.41 Å². The lowest BCUT2D eigenvalue weighted by Crippen LogP contribution is -2.33. The van der Waals surface area contributed by atoms with E-state index >= 15 is 0 Å². The summed E-state index contributed by atoms with van der Waals surface area (Å²) in [6.07, 6.45) is -0.506. The highest BCUT2D eigenvalue weighted by molar-refractivity contribution is 5.96. The number of rotatable bonds is 8. The first-order valence-corrected chi connectivity index (χ1v) is 9.35. The number of amidine groups is 1. The Balaban J connectivity index is 1.52. The van der Waals surface area contributed by atoms with Crippen LogP contribution in [0.3, 0.4) is 0 Å². The van der Waals surface area contributed by atoms with E-state index in [0.717, 1.165) is 5.56 Å². The Morgan fingerprint density at radius 2 is 1.90 bits per heavy atom. The Morgan fingerprint density at radius 1 is 1.23 bits per heavy atom. The van der Waals surface area contributed by atoms with E-state index in [2.05, 4.69) is 4.74 Å². The van der Waals surface area contributed by atoms with Gasteiger partial charge in [0.1, 0.15) is 24.2 Å². The Hall–Kier alpha value is -3.59. The van der Waals surface area contributed by atoms with Crippen LogP contribution >= 0.6 is 0 Å². The molecule has 0 aromatic heterocycles. The van der Waals surface area contributed by atoms with Crippen LogP contribution in [0.5, 0.6) is 5.75 Å². The number of carbonyl (C=O) groups excluding carboxylic acids is 2. The van der Waals surface area contributed by atoms with Crippen molar-refractivity contribution in [1.82, 2.24) is 0 Å². The number of cyclic esters (lactones) is 1. The smallest absolute Gasteiger partial charge is 0.414 e. The lowest BCUT2D eigenvalue weighted by molar-refractivity contribution is -0.142. The maximum atomic E-state index is 12.2. The normalized spacial score (nSPS) is 16.7. The molecule has 0 saturated carbocycles. The van der Waals surface area contributed by atoms with Crippen LogP contribution in [0.2, 0.25) is 0 Å². The summed E-state index contributed by atoms with van der Waals surface area (Å²) in [7, 11) is 1.30. The monoisotopic (exact) mass is 412 g/mol. The average molecular weight is 412 g/mol. The summed E-state index contributed by atoms with van der Waals surface area (Å²) in [5.74, 6) is 0.125. The van der Waals surface area contributed by atoms with Crippen molar-refractivity contribution in [2.24, 2.45) is 11.5 Å². The van der Waals surface area contributed by atoms with Crippen LogP contribution in [0.1, 0.15) is 11.1 Å². The molecule has 5 N–H and O–H groups in total. The van der Waals surface area contributed by atoms with E-state index in [1.165, 1.54) is 12.0 Å². The van der Waals surface area contributed by atoms with Gasteiger partial charge in [0, 0.05) is 11.3 Å². The number of anilines is 1. The Kier molecular flexibility index (Phi) is 6.53. The van der Waals surface area contributed by atoms with Crippen LogP contribution in [0.25, 0.3) is 0 Å². The molecule has 158 valence electrons. The predicted octanol–water partition coefficient (Wildman–Crippen LogP) is 1.42. The van der Waals surface area contributed by atoms with Crippen molar-refractivity contribution in [3.8, 4) is 5.75 Å². The second-order valence-corrected chi connectivity index (χ2v) is 6.87. The summed E-state index contributed by atoms with van der Waals surface area (Å²) in [5, 5.41) is 7.43. The van der Waals surface area contributed by atoms with E-state index in [-0.39, 0.29) is 12.4 Å². The molecule has 1 fully saturated rings. The first-order chi connectivity index (χ1) is 14.4. The minimum atomic E-state index is -0.713. The maximum absolute atomic E-state index is 12.2. The van der Waals surface area contributed by atoms with Gasteiger partial charge in [0.2, 0.25) is 0 Å². The first kappa shape index (κ1) is 21.1. The Labute approximate surface area is 174 Å². The van der Waals surface area contributed by atoms with Gasteiger partial charge in [-0.05, 0) is 48.4 Å². The fourth-order valence-electron chi connectivity index (χ4n) is 3.04. The number of esters is 1. The Bertz CT molecular complexity index is 914. The average Bonchev–Trinajstić information content (AvgIpc) is 3.13. The standard InChI is InChI=1S/C21H24N4O5/c1-28-20(26)18(22)10-13-2-8-16(9-3-13)29-12-17-11-25(21(27)30-17)15-6-4-14(5-7-15)19(23)24/h2-9,17-18H,10-12,22H2,1H3,(H3,23,24). The molecule has 1 saturated heterocycles. The van der Waals surface area contributed by atoms with Gasteiger partial charge in [-0.2, -0.15) is 0 Å². The summed E-state index contributed by atoms with van der Waals surface area (Å²) >= 11 is 0. The molecule has 0 aliphatic carbocycles. The molecule has 2 unspecified atom stereocenters. The van der Waals surface area contributed by atoms with Crippen LogP contribution in [0, 0.1) is 5.41 Å². The zero-order chi connectivity index (χ0) is 21.7. The molecule has 2 atom stereocenters. The van der Waals surface area contributed by atoms with Gasteiger partial charge in [-0.25, -0.2) is 4.79 Å². The van der Waals surface area contributed by atoms with Crippen LogP contribution in [-0.2, 0) is 20.7 Å². The minimum Gasteiger partial charge on any atom is -0.490 e. The van der Waals surface area contributed by atoms with Gasteiger partial charge in [-0.15, -0.1) is 0 Å². The molecule has 1 amide bonds. The van der Waals surface area contributed by atoms with E-state index in [4.69, 9.17) is 26.4 Å². The lowest BCUT2D eigenvalue weighted by Gasteiger charge is -2.14. The fourth-order valence-corrected chi connectivity index (χ4v) is 3.04.